The maximum Gasteiger partial charge on any atom is 0.264 e. The van der Waals surface area contributed by atoms with Gasteiger partial charge in [0.2, 0.25) is 11.8 Å². The lowest BCUT2D eigenvalue weighted by Gasteiger charge is -2.34. The van der Waals surface area contributed by atoms with E-state index < -0.39 is 28.5 Å². The fourth-order valence-electron chi connectivity index (χ4n) is 4.68. The summed E-state index contributed by atoms with van der Waals surface area (Å²) in [6.45, 7) is 3.12. The van der Waals surface area contributed by atoms with E-state index in [0.717, 1.165) is 19.9 Å². The molecule has 4 aromatic carbocycles. The average molecular weight is 718 g/mol. The number of benzene rings is 4. The molecule has 2 amide bonds. The van der Waals surface area contributed by atoms with Crippen molar-refractivity contribution in [1.82, 2.24) is 10.2 Å². The first-order chi connectivity index (χ1) is 21.0. The molecule has 0 fully saturated rings. The van der Waals surface area contributed by atoms with Crippen molar-refractivity contribution in [3.8, 4) is 0 Å². The number of halogens is 3. The molecule has 0 aliphatic heterocycles. The fraction of sp³-hybridized carbons (Fsp3) is 0.212. The zero-order chi connectivity index (χ0) is 31.9. The predicted molar refractivity (Wildman–Crippen MR) is 179 cm³/mol. The second kappa shape index (κ2) is 15.1. The van der Waals surface area contributed by atoms with E-state index in [2.05, 4.69) is 21.2 Å². The summed E-state index contributed by atoms with van der Waals surface area (Å²) in [6, 6.07) is 27.8. The van der Waals surface area contributed by atoms with Crippen molar-refractivity contribution in [2.45, 2.75) is 43.8 Å². The molecule has 4 rings (SSSR count). The quantitative estimate of drug-likeness (QED) is 0.169. The van der Waals surface area contributed by atoms with E-state index in [9.17, 15) is 18.0 Å². The lowest BCUT2D eigenvalue weighted by molar-refractivity contribution is -0.140. The third kappa shape index (κ3) is 8.63. The van der Waals surface area contributed by atoms with Crippen molar-refractivity contribution in [1.29, 1.82) is 0 Å². The molecule has 0 saturated heterocycles. The van der Waals surface area contributed by atoms with Crippen LogP contribution in [0.5, 0.6) is 0 Å². The molecule has 0 spiro atoms. The lowest BCUT2D eigenvalue weighted by atomic mass is 10.0. The average Bonchev–Trinajstić information content (AvgIpc) is 2.98. The molecule has 0 saturated carbocycles. The SMILES string of the molecule is CC(C)NC(=O)C(Cc1ccccc1)N(Cc1cccc(Br)c1)C(=O)CN(c1ccc(Cl)cc1Cl)S(=O)(=O)c1ccccc1. The zero-order valence-electron chi connectivity index (χ0n) is 24.2. The highest BCUT2D eigenvalue weighted by molar-refractivity contribution is 9.10. The minimum atomic E-state index is -4.27. The Hall–Kier alpha value is -3.37. The normalized spacial score (nSPS) is 12.0. The standard InChI is InChI=1S/C33H32BrCl2N3O4S/c1-23(2)37-33(41)31(19-24-10-5-3-6-11-24)38(21-25-12-9-13-26(34)18-25)32(40)22-39(30-17-16-27(35)20-29(30)36)44(42,43)28-14-7-4-8-15-28/h3-18,20,23,31H,19,21-22H2,1-2H3,(H,37,41). The Bertz CT molecular complexity index is 1710. The smallest absolute Gasteiger partial charge is 0.264 e. The monoisotopic (exact) mass is 715 g/mol. The summed E-state index contributed by atoms with van der Waals surface area (Å²) < 4.78 is 29.9. The molecule has 0 aliphatic carbocycles. The fourth-order valence-corrected chi connectivity index (χ4v) is 7.14. The van der Waals surface area contributed by atoms with Gasteiger partial charge in [0.05, 0.1) is 15.6 Å². The Morgan fingerprint density at radius 1 is 0.841 bits per heavy atom. The van der Waals surface area contributed by atoms with E-state index in [-0.39, 0.29) is 40.5 Å². The molecule has 230 valence electrons. The van der Waals surface area contributed by atoms with Crippen molar-refractivity contribution < 1.29 is 18.0 Å². The van der Waals surface area contributed by atoms with Crippen LogP contribution in [0.2, 0.25) is 10.0 Å². The molecule has 1 unspecified atom stereocenters. The van der Waals surface area contributed by atoms with Crippen LogP contribution in [0.4, 0.5) is 5.69 Å². The number of anilines is 1. The van der Waals surface area contributed by atoms with E-state index in [4.69, 9.17) is 23.2 Å². The number of carbonyl (C=O) groups is 2. The molecule has 0 aromatic heterocycles. The van der Waals surface area contributed by atoms with Gasteiger partial charge in [-0.05, 0) is 67.4 Å². The van der Waals surface area contributed by atoms with Gasteiger partial charge in [0.1, 0.15) is 12.6 Å². The molecule has 44 heavy (non-hydrogen) atoms. The molecular formula is C33H32BrCl2N3O4S. The van der Waals surface area contributed by atoms with Crippen LogP contribution in [-0.4, -0.2) is 43.8 Å². The predicted octanol–water partition coefficient (Wildman–Crippen LogP) is 7.12. The first-order valence-corrected chi connectivity index (χ1v) is 16.9. The summed E-state index contributed by atoms with van der Waals surface area (Å²) in [4.78, 5) is 29.6. The van der Waals surface area contributed by atoms with Gasteiger partial charge >= 0.3 is 0 Å². The number of hydrogen-bond donors (Lipinski definition) is 1. The topological polar surface area (TPSA) is 86.8 Å². The number of carbonyl (C=O) groups excluding carboxylic acids is 2. The van der Waals surface area contributed by atoms with Gasteiger partial charge in [0.25, 0.3) is 10.0 Å². The van der Waals surface area contributed by atoms with Crippen LogP contribution in [0.15, 0.2) is 112 Å². The number of nitrogens with zero attached hydrogens (tertiary/aromatic N) is 2. The highest BCUT2D eigenvalue weighted by Crippen LogP contribution is 2.33. The molecule has 1 N–H and O–H groups in total. The molecule has 0 heterocycles. The number of rotatable bonds is 12. The highest BCUT2D eigenvalue weighted by Gasteiger charge is 2.35. The van der Waals surface area contributed by atoms with Crippen LogP contribution in [0.1, 0.15) is 25.0 Å². The van der Waals surface area contributed by atoms with Crippen molar-refractivity contribution in [3.63, 3.8) is 0 Å². The maximum absolute atomic E-state index is 14.5. The summed E-state index contributed by atoms with van der Waals surface area (Å²) in [5.41, 5.74) is 1.69. The number of sulfonamides is 1. The van der Waals surface area contributed by atoms with Gasteiger partial charge in [-0.3, -0.25) is 13.9 Å². The second-order valence-electron chi connectivity index (χ2n) is 10.4. The van der Waals surface area contributed by atoms with Crippen LogP contribution >= 0.6 is 39.1 Å². The number of nitrogens with one attached hydrogen (secondary N) is 1. The Kier molecular flexibility index (Phi) is 11.5. The summed E-state index contributed by atoms with van der Waals surface area (Å²) >= 11 is 16.1. The number of hydrogen-bond acceptors (Lipinski definition) is 4. The van der Waals surface area contributed by atoms with E-state index in [1.165, 1.54) is 35.2 Å². The molecule has 0 aliphatic rings. The van der Waals surface area contributed by atoms with Gasteiger partial charge in [-0.1, -0.05) is 99.8 Å². The third-order valence-corrected chi connectivity index (χ3v) is 9.54. The summed E-state index contributed by atoms with van der Waals surface area (Å²) in [5, 5.41) is 3.31. The molecular weight excluding hydrogens is 685 g/mol. The van der Waals surface area contributed by atoms with Crippen LogP contribution in [0, 0.1) is 0 Å². The van der Waals surface area contributed by atoms with Gasteiger partial charge in [0.15, 0.2) is 0 Å². The first kappa shape index (κ1) is 33.5. The first-order valence-electron chi connectivity index (χ1n) is 13.9. The second-order valence-corrected chi connectivity index (χ2v) is 14.1. The van der Waals surface area contributed by atoms with Crippen molar-refractivity contribution >= 4 is 66.7 Å². The minimum Gasteiger partial charge on any atom is -0.352 e. The van der Waals surface area contributed by atoms with Gasteiger partial charge in [-0.2, -0.15) is 0 Å². The minimum absolute atomic E-state index is 0.0178. The molecule has 0 radical (unpaired) electrons. The summed E-state index contributed by atoms with van der Waals surface area (Å²) in [7, 11) is -4.27. The molecule has 11 heteroatoms. The van der Waals surface area contributed by atoms with Crippen LogP contribution in [0.25, 0.3) is 0 Å². The van der Waals surface area contributed by atoms with Gasteiger partial charge in [0, 0.05) is 28.5 Å². The zero-order valence-corrected chi connectivity index (χ0v) is 28.1. The van der Waals surface area contributed by atoms with E-state index in [0.29, 0.717) is 5.02 Å². The van der Waals surface area contributed by atoms with Gasteiger partial charge in [-0.15, -0.1) is 0 Å². The summed E-state index contributed by atoms with van der Waals surface area (Å²) in [6.07, 6.45) is 0.215. The van der Waals surface area contributed by atoms with Gasteiger partial charge in [-0.25, -0.2) is 8.42 Å². The molecule has 4 aromatic rings. The van der Waals surface area contributed by atoms with Crippen molar-refractivity contribution in [2.24, 2.45) is 0 Å². The van der Waals surface area contributed by atoms with Crippen molar-refractivity contribution in [3.05, 3.63) is 129 Å². The number of amides is 2. The van der Waals surface area contributed by atoms with E-state index >= 15 is 0 Å². The van der Waals surface area contributed by atoms with Gasteiger partial charge < -0.3 is 10.2 Å². The Morgan fingerprint density at radius 2 is 1.48 bits per heavy atom. The molecule has 0 bridgehead atoms. The van der Waals surface area contributed by atoms with E-state index in [1.54, 1.807) is 18.2 Å². The molecule has 7 nitrogen and oxygen atoms in total. The summed E-state index contributed by atoms with van der Waals surface area (Å²) in [5.74, 6) is -0.940. The van der Waals surface area contributed by atoms with Crippen LogP contribution < -0.4 is 9.62 Å². The largest absolute Gasteiger partial charge is 0.352 e. The lowest BCUT2D eigenvalue weighted by Crippen LogP contribution is -2.54. The van der Waals surface area contributed by atoms with E-state index in [1.807, 2.05) is 68.4 Å². The van der Waals surface area contributed by atoms with Crippen LogP contribution in [-0.2, 0) is 32.6 Å². The third-order valence-electron chi connectivity index (χ3n) is 6.73. The Morgan fingerprint density at radius 3 is 2.09 bits per heavy atom. The van der Waals surface area contributed by atoms with Crippen LogP contribution in [0.3, 0.4) is 0 Å². The highest BCUT2D eigenvalue weighted by atomic mass is 79.9. The Labute approximate surface area is 277 Å². The maximum atomic E-state index is 14.5. The molecule has 1 atom stereocenters. The Balaban J connectivity index is 1.82. The van der Waals surface area contributed by atoms with Crippen molar-refractivity contribution in [2.75, 3.05) is 10.8 Å².